The van der Waals surface area contributed by atoms with Crippen LogP contribution in [0.4, 0.5) is 0 Å². The normalized spacial score (nSPS) is 9.88. The van der Waals surface area contributed by atoms with E-state index in [1.807, 2.05) is 6.92 Å². The minimum atomic E-state index is -0.446. The van der Waals surface area contributed by atoms with Crippen molar-refractivity contribution < 1.29 is 14.3 Å². The van der Waals surface area contributed by atoms with Gasteiger partial charge in [-0.2, -0.15) is 0 Å². The van der Waals surface area contributed by atoms with Crippen molar-refractivity contribution >= 4 is 11.9 Å². The fraction of sp³-hybridized carbons (Fsp3) is 0.417. The first-order chi connectivity index (χ1) is 7.95. The van der Waals surface area contributed by atoms with E-state index in [1.54, 1.807) is 26.1 Å². The summed E-state index contributed by atoms with van der Waals surface area (Å²) in [5, 5.41) is 0. The van der Waals surface area contributed by atoms with E-state index in [1.165, 1.54) is 12.0 Å². The molecule has 0 bridgehead atoms. The Hall–Kier alpha value is -1.91. The Balaban J connectivity index is 2.85. The van der Waals surface area contributed by atoms with Crippen molar-refractivity contribution in [3.8, 4) is 0 Å². The van der Waals surface area contributed by atoms with Crippen LogP contribution in [0.5, 0.6) is 0 Å². The highest BCUT2D eigenvalue weighted by atomic mass is 16.5. The molecule has 0 N–H and O–H groups in total. The van der Waals surface area contributed by atoms with Crippen LogP contribution in [0, 0.1) is 13.8 Å². The first-order valence-corrected chi connectivity index (χ1v) is 5.22. The molecule has 17 heavy (non-hydrogen) atoms. The Morgan fingerprint density at radius 1 is 1.35 bits per heavy atom. The number of carbonyl (C=O) groups is 2. The number of aryl methyl sites for hydroxylation is 2. The van der Waals surface area contributed by atoms with Crippen molar-refractivity contribution in [3.05, 3.63) is 29.1 Å². The summed E-state index contributed by atoms with van der Waals surface area (Å²) in [6, 6.07) is 3.49. The summed E-state index contributed by atoms with van der Waals surface area (Å²) >= 11 is 0. The van der Waals surface area contributed by atoms with Crippen molar-refractivity contribution in [2.75, 3.05) is 20.7 Å². The number of aromatic nitrogens is 1. The summed E-state index contributed by atoms with van der Waals surface area (Å²) in [4.78, 5) is 28.6. The van der Waals surface area contributed by atoms with Gasteiger partial charge in [0.2, 0.25) is 0 Å². The van der Waals surface area contributed by atoms with Gasteiger partial charge in [-0.05, 0) is 26.0 Å². The molecule has 0 spiro atoms. The zero-order valence-corrected chi connectivity index (χ0v) is 10.5. The standard InChI is InChI=1S/C12H16N2O3/c1-8-5-6-10(9(2)13-8)12(16)14(3)7-11(15)17-4/h5-6H,7H2,1-4H3. The molecule has 0 saturated heterocycles. The molecule has 92 valence electrons. The first-order valence-electron chi connectivity index (χ1n) is 5.22. The van der Waals surface area contributed by atoms with Crippen molar-refractivity contribution in [1.29, 1.82) is 0 Å². The van der Waals surface area contributed by atoms with Crippen molar-refractivity contribution in [1.82, 2.24) is 9.88 Å². The Labute approximate surface area is 100 Å². The van der Waals surface area contributed by atoms with Crippen LogP contribution in [0.25, 0.3) is 0 Å². The number of amides is 1. The number of ether oxygens (including phenoxy) is 1. The fourth-order valence-corrected chi connectivity index (χ4v) is 1.45. The minimum Gasteiger partial charge on any atom is -0.468 e. The van der Waals surface area contributed by atoms with E-state index >= 15 is 0 Å². The molecule has 5 heteroatoms. The second-order valence-corrected chi connectivity index (χ2v) is 3.82. The summed E-state index contributed by atoms with van der Waals surface area (Å²) < 4.78 is 4.51. The molecule has 1 rings (SSSR count). The summed E-state index contributed by atoms with van der Waals surface area (Å²) in [6.45, 7) is 3.56. The monoisotopic (exact) mass is 236 g/mol. The molecule has 1 amide bonds. The molecule has 0 atom stereocenters. The summed E-state index contributed by atoms with van der Waals surface area (Å²) in [5.41, 5.74) is 2.02. The van der Waals surface area contributed by atoms with Crippen LogP contribution in [0.15, 0.2) is 12.1 Å². The lowest BCUT2D eigenvalue weighted by molar-refractivity contribution is -0.141. The van der Waals surface area contributed by atoms with Gasteiger partial charge in [-0.3, -0.25) is 14.6 Å². The lowest BCUT2D eigenvalue weighted by atomic mass is 10.1. The number of likely N-dealkylation sites (N-methyl/N-ethyl adjacent to an activating group) is 1. The number of hydrogen-bond donors (Lipinski definition) is 0. The molecule has 0 aliphatic carbocycles. The van der Waals surface area contributed by atoms with Crippen molar-refractivity contribution in [2.45, 2.75) is 13.8 Å². The van der Waals surface area contributed by atoms with Gasteiger partial charge in [0.05, 0.1) is 18.4 Å². The first kappa shape index (κ1) is 13.2. The quantitative estimate of drug-likeness (QED) is 0.733. The van der Waals surface area contributed by atoms with Crippen LogP contribution >= 0.6 is 0 Å². The average Bonchev–Trinajstić information content (AvgIpc) is 2.28. The highest BCUT2D eigenvalue weighted by Crippen LogP contribution is 2.09. The van der Waals surface area contributed by atoms with Crippen molar-refractivity contribution in [2.24, 2.45) is 0 Å². The van der Waals surface area contributed by atoms with Gasteiger partial charge in [-0.25, -0.2) is 0 Å². The van der Waals surface area contributed by atoms with E-state index in [9.17, 15) is 9.59 Å². The fourth-order valence-electron chi connectivity index (χ4n) is 1.45. The minimum absolute atomic E-state index is 0.0668. The molecule has 0 aromatic carbocycles. The number of carbonyl (C=O) groups excluding carboxylic acids is 2. The van der Waals surface area contributed by atoms with Gasteiger partial charge in [0.25, 0.3) is 5.91 Å². The van der Waals surface area contributed by atoms with Crippen LogP contribution in [-0.4, -0.2) is 42.5 Å². The molecular formula is C12H16N2O3. The summed E-state index contributed by atoms with van der Waals surface area (Å²) in [5.74, 6) is -0.682. The molecule has 0 aliphatic heterocycles. The zero-order valence-electron chi connectivity index (χ0n) is 10.5. The number of methoxy groups -OCH3 is 1. The number of rotatable bonds is 3. The van der Waals surface area contributed by atoms with Gasteiger partial charge in [-0.1, -0.05) is 0 Å². The van der Waals surface area contributed by atoms with E-state index in [0.29, 0.717) is 11.3 Å². The largest absolute Gasteiger partial charge is 0.468 e. The maximum Gasteiger partial charge on any atom is 0.325 e. The molecule has 0 unspecified atom stereocenters. The van der Waals surface area contributed by atoms with E-state index in [2.05, 4.69) is 9.72 Å². The molecule has 0 saturated carbocycles. The summed E-state index contributed by atoms with van der Waals surface area (Å²) in [7, 11) is 2.85. The van der Waals surface area contributed by atoms with Crippen LogP contribution in [0.2, 0.25) is 0 Å². The van der Waals surface area contributed by atoms with Gasteiger partial charge in [0.1, 0.15) is 6.54 Å². The van der Waals surface area contributed by atoms with E-state index < -0.39 is 5.97 Å². The van der Waals surface area contributed by atoms with Gasteiger partial charge in [-0.15, -0.1) is 0 Å². The summed E-state index contributed by atoms with van der Waals surface area (Å²) in [6.07, 6.45) is 0. The Morgan fingerprint density at radius 3 is 2.53 bits per heavy atom. The van der Waals surface area contributed by atoms with E-state index in [-0.39, 0.29) is 12.5 Å². The number of nitrogens with zero attached hydrogens (tertiary/aromatic N) is 2. The van der Waals surface area contributed by atoms with Gasteiger partial charge < -0.3 is 9.64 Å². The number of pyridine rings is 1. The van der Waals surface area contributed by atoms with Crippen LogP contribution in [0.1, 0.15) is 21.7 Å². The predicted molar refractivity (Wildman–Crippen MR) is 62.7 cm³/mol. The SMILES string of the molecule is COC(=O)CN(C)C(=O)c1ccc(C)nc1C. The highest BCUT2D eigenvalue weighted by molar-refractivity contribution is 5.96. The zero-order chi connectivity index (χ0) is 13.0. The Morgan fingerprint density at radius 2 is 2.00 bits per heavy atom. The van der Waals surface area contributed by atoms with E-state index in [4.69, 9.17) is 0 Å². The number of esters is 1. The molecule has 0 aliphatic rings. The van der Waals surface area contributed by atoms with Gasteiger partial charge >= 0.3 is 5.97 Å². The highest BCUT2D eigenvalue weighted by Gasteiger charge is 2.17. The Kier molecular flexibility index (Phi) is 4.20. The molecule has 0 radical (unpaired) electrons. The Bertz CT molecular complexity index is 443. The van der Waals surface area contributed by atoms with Gasteiger partial charge in [0, 0.05) is 12.7 Å². The van der Waals surface area contributed by atoms with Crippen LogP contribution in [-0.2, 0) is 9.53 Å². The predicted octanol–water partition coefficient (Wildman–Crippen LogP) is 0.943. The lowest BCUT2D eigenvalue weighted by Gasteiger charge is -2.16. The lowest BCUT2D eigenvalue weighted by Crippen LogP contribution is -2.33. The van der Waals surface area contributed by atoms with Crippen LogP contribution < -0.4 is 0 Å². The van der Waals surface area contributed by atoms with Gasteiger partial charge in [0.15, 0.2) is 0 Å². The molecule has 0 fully saturated rings. The van der Waals surface area contributed by atoms with Crippen molar-refractivity contribution in [3.63, 3.8) is 0 Å². The maximum absolute atomic E-state index is 12.0. The topological polar surface area (TPSA) is 59.5 Å². The van der Waals surface area contributed by atoms with Crippen LogP contribution in [0.3, 0.4) is 0 Å². The third kappa shape index (κ3) is 3.27. The average molecular weight is 236 g/mol. The second-order valence-electron chi connectivity index (χ2n) is 3.82. The molecule has 5 nitrogen and oxygen atoms in total. The number of hydrogen-bond acceptors (Lipinski definition) is 4. The molecule has 1 aromatic heterocycles. The molecular weight excluding hydrogens is 220 g/mol. The maximum atomic E-state index is 12.0. The smallest absolute Gasteiger partial charge is 0.325 e. The van der Waals surface area contributed by atoms with E-state index in [0.717, 1.165) is 5.69 Å². The third-order valence-corrected chi connectivity index (χ3v) is 2.40. The second kappa shape index (κ2) is 5.43. The third-order valence-electron chi connectivity index (χ3n) is 2.40. The molecule has 1 aromatic rings. The molecule has 1 heterocycles.